The van der Waals surface area contributed by atoms with Gasteiger partial charge in [0.25, 0.3) is 5.91 Å². The number of halogens is 4. The van der Waals surface area contributed by atoms with E-state index in [0.717, 1.165) is 17.0 Å². The molecule has 0 aliphatic carbocycles. The van der Waals surface area contributed by atoms with E-state index in [2.05, 4.69) is 9.26 Å². The van der Waals surface area contributed by atoms with Gasteiger partial charge < -0.3 is 28.7 Å². The molecule has 1 atom stereocenters. The van der Waals surface area contributed by atoms with Gasteiger partial charge in [-0.1, -0.05) is 17.7 Å². The fraction of sp³-hybridized carbons (Fsp3) is 0.500. The van der Waals surface area contributed by atoms with Crippen LogP contribution in [-0.2, 0) is 43.6 Å². The number of benzene rings is 1. The molecule has 21 heteroatoms. The van der Waals surface area contributed by atoms with E-state index in [1.54, 1.807) is 0 Å². The Bertz CT molecular complexity index is 1150. The van der Waals surface area contributed by atoms with Gasteiger partial charge >= 0.3 is 33.9 Å². The third-order valence-electron chi connectivity index (χ3n) is 4.32. The number of carbonyl (C=O) groups excluding carboxylic acids is 3. The van der Waals surface area contributed by atoms with Crippen molar-refractivity contribution in [3.8, 4) is 5.75 Å². The average Bonchev–Trinajstić information content (AvgIpc) is 2.81. The van der Waals surface area contributed by atoms with Crippen LogP contribution in [0.15, 0.2) is 18.2 Å². The Morgan fingerprint density at radius 3 is 2.38 bits per heavy atom. The van der Waals surface area contributed by atoms with Gasteiger partial charge in [0, 0.05) is 14.1 Å². The smallest absolute Gasteiger partial charge is 0.452 e. The number of alkyl halides is 4. The molecule has 1 aromatic rings. The molecule has 0 saturated carbocycles. The minimum absolute atomic E-state index is 0.0142. The molecule has 1 aromatic carbocycles. The quantitative estimate of drug-likeness (QED) is 0.148. The van der Waals surface area contributed by atoms with Crippen LogP contribution in [0.3, 0.4) is 0 Å². The Kier molecular flexibility index (Phi) is 11.2. The molecule has 1 unspecified atom stereocenters. The molecule has 0 radical (unpaired) electrons. The number of nitrogens with one attached hydrogen (secondary N) is 1. The maximum atomic E-state index is 12.8. The van der Waals surface area contributed by atoms with Crippen molar-refractivity contribution in [1.82, 2.24) is 10.2 Å². The van der Waals surface area contributed by atoms with Crippen LogP contribution < -0.4 is 9.84 Å². The van der Waals surface area contributed by atoms with Crippen LogP contribution in [0.1, 0.15) is 15.9 Å². The lowest BCUT2D eigenvalue weighted by atomic mass is 10.1. The molecule has 3 N–H and O–H groups in total. The SMILES string of the molecule is CN(C)C(=O)COC(=O)c1cc(COC(=O)NC(Cl)C(F)(F)F)ccc1OP1(=O)OCC(OP(=O)(O)O)CO1. The van der Waals surface area contributed by atoms with E-state index >= 15 is 0 Å². The number of hydrogen-bond acceptors (Lipinski definition) is 11. The first-order valence-corrected chi connectivity index (χ1v) is 13.8. The van der Waals surface area contributed by atoms with Gasteiger partial charge in [0.1, 0.15) is 24.0 Å². The Hall–Kier alpha value is -2.43. The van der Waals surface area contributed by atoms with Crippen molar-refractivity contribution in [2.24, 2.45) is 0 Å². The maximum Gasteiger partial charge on any atom is 0.530 e. The number of phosphoric acid groups is 2. The maximum absolute atomic E-state index is 12.8. The summed E-state index contributed by atoms with van der Waals surface area (Å²) in [4.78, 5) is 54.9. The second kappa shape index (κ2) is 13.3. The molecule has 1 heterocycles. The molecule has 1 aliphatic heterocycles. The van der Waals surface area contributed by atoms with Gasteiger partial charge in [-0.3, -0.25) is 23.7 Å². The molecule has 2 amide bonds. The molecular formula is C18H22ClF3N2O13P2. The number of likely N-dealkylation sites (N-methyl/N-ethyl adjacent to an activating group) is 1. The molecule has 1 aliphatic rings. The second-order valence-electron chi connectivity index (χ2n) is 7.67. The van der Waals surface area contributed by atoms with E-state index < -0.39 is 89.1 Å². The zero-order chi connectivity index (χ0) is 29.6. The van der Waals surface area contributed by atoms with Crippen molar-refractivity contribution < 1.29 is 74.0 Å². The number of hydrogen-bond donors (Lipinski definition) is 3. The van der Waals surface area contributed by atoms with Gasteiger partial charge in [0.05, 0.1) is 13.2 Å². The number of rotatable bonds is 10. The van der Waals surface area contributed by atoms with E-state index in [1.807, 2.05) is 0 Å². The van der Waals surface area contributed by atoms with Gasteiger partial charge in [-0.2, -0.15) is 13.2 Å². The summed E-state index contributed by atoms with van der Waals surface area (Å²) in [6.45, 7) is -2.63. The fourth-order valence-electron chi connectivity index (χ4n) is 2.48. The summed E-state index contributed by atoms with van der Waals surface area (Å²) < 4.78 is 90.1. The minimum Gasteiger partial charge on any atom is -0.452 e. The van der Waals surface area contributed by atoms with Crippen molar-refractivity contribution in [3.63, 3.8) is 0 Å². The molecular weight excluding hydrogens is 607 g/mol. The lowest BCUT2D eigenvalue weighted by Crippen LogP contribution is -2.41. The molecule has 15 nitrogen and oxygen atoms in total. The van der Waals surface area contributed by atoms with Crippen LogP contribution >= 0.6 is 27.2 Å². The van der Waals surface area contributed by atoms with Crippen LogP contribution in [0, 0.1) is 0 Å². The summed E-state index contributed by atoms with van der Waals surface area (Å²) in [5, 5.41) is 1.35. The highest BCUT2D eigenvalue weighted by Gasteiger charge is 2.40. The average molecular weight is 629 g/mol. The Labute approximate surface area is 223 Å². The first kappa shape index (κ1) is 32.8. The predicted molar refractivity (Wildman–Crippen MR) is 121 cm³/mol. The molecule has 39 heavy (non-hydrogen) atoms. The normalized spacial score (nSPS) is 20.5. The van der Waals surface area contributed by atoms with Gasteiger partial charge in [-0.15, -0.1) is 0 Å². The first-order valence-electron chi connectivity index (χ1n) is 10.4. The monoisotopic (exact) mass is 628 g/mol. The highest BCUT2D eigenvalue weighted by molar-refractivity contribution is 7.49. The summed E-state index contributed by atoms with van der Waals surface area (Å²) in [6.07, 6.45) is -7.77. The topological polar surface area (TPSA) is 196 Å². The Morgan fingerprint density at radius 2 is 1.85 bits per heavy atom. The number of amides is 2. The number of carbonyl (C=O) groups is 3. The number of ether oxygens (including phenoxy) is 2. The summed E-state index contributed by atoms with van der Waals surface area (Å²) in [5.41, 5.74) is -3.19. The van der Waals surface area contributed by atoms with E-state index in [-0.39, 0.29) is 5.56 Å². The minimum atomic E-state index is -4.94. The number of nitrogens with zero attached hydrogens (tertiary/aromatic N) is 1. The van der Waals surface area contributed by atoms with E-state index in [1.165, 1.54) is 25.5 Å². The largest absolute Gasteiger partial charge is 0.530 e. The Morgan fingerprint density at radius 1 is 1.23 bits per heavy atom. The van der Waals surface area contributed by atoms with E-state index in [0.29, 0.717) is 0 Å². The molecule has 220 valence electrons. The van der Waals surface area contributed by atoms with Gasteiger partial charge in [-0.25, -0.2) is 18.7 Å². The van der Waals surface area contributed by atoms with Crippen molar-refractivity contribution in [2.75, 3.05) is 33.9 Å². The summed E-state index contributed by atoms with van der Waals surface area (Å²) in [5.74, 6) is -2.26. The van der Waals surface area contributed by atoms with Crippen LogP contribution in [0.25, 0.3) is 0 Å². The standard InChI is InChI=1S/C18H22ClF3N2O13P2/c1-24(2)14(25)9-32-15(26)12-5-10(6-33-17(27)23-16(19)18(20,21)22)3-4-13(12)37-39(31)34-7-11(8-35-39)36-38(28,29)30/h3-5,11,16H,6-9H2,1-2H3,(H,23,27)(H2,28,29,30). The second-order valence-corrected chi connectivity index (χ2v) is 10.9. The van der Waals surface area contributed by atoms with Crippen LogP contribution in [0.5, 0.6) is 5.75 Å². The van der Waals surface area contributed by atoms with Crippen molar-refractivity contribution in [3.05, 3.63) is 29.3 Å². The molecule has 2 rings (SSSR count). The van der Waals surface area contributed by atoms with E-state index in [9.17, 15) is 36.7 Å². The van der Waals surface area contributed by atoms with Gasteiger partial charge in [0.2, 0.25) is 5.50 Å². The number of phosphoric ester groups is 2. The third kappa shape index (κ3) is 10.9. The highest BCUT2D eigenvalue weighted by Crippen LogP contribution is 2.53. The summed E-state index contributed by atoms with van der Waals surface area (Å²) in [6, 6.07) is 3.20. The predicted octanol–water partition coefficient (Wildman–Crippen LogP) is 2.30. The zero-order valence-electron chi connectivity index (χ0n) is 20.0. The number of esters is 1. The zero-order valence-corrected chi connectivity index (χ0v) is 22.5. The van der Waals surface area contributed by atoms with Crippen molar-refractivity contribution >= 4 is 45.2 Å². The molecule has 0 bridgehead atoms. The fourth-order valence-corrected chi connectivity index (χ4v) is 4.36. The Balaban J connectivity index is 2.19. The lowest BCUT2D eigenvalue weighted by Gasteiger charge is -2.28. The molecule has 1 saturated heterocycles. The summed E-state index contributed by atoms with van der Waals surface area (Å²) in [7, 11) is -6.59. The molecule has 1 fully saturated rings. The van der Waals surface area contributed by atoms with Gasteiger partial charge in [-0.05, 0) is 17.7 Å². The third-order valence-corrected chi connectivity index (χ3v) is 6.61. The number of alkyl carbamates (subject to hydrolysis) is 1. The van der Waals surface area contributed by atoms with Gasteiger partial charge in [0.15, 0.2) is 6.61 Å². The summed E-state index contributed by atoms with van der Waals surface area (Å²) >= 11 is 5.01. The van der Waals surface area contributed by atoms with E-state index in [4.69, 9.17) is 39.7 Å². The van der Waals surface area contributed by atoms with Crippen LogP contribution in [-0.4, -0.2) is 84.4 Å². The van der Waals surface area contributed by atoms with Crippen molar-refractivity contribution in [1.29, 1.82) is 0 Å². The molecule has 0 aromatic heterocycles. The van der Waals surface area contributed by atoms with Crippen LogP contribution in [0.4, 0.5) is 18.0 Å². The van der Waals surface area contributed by atoms with Crippen LogP contribution in [0.2, 0.25) is 0 Å². The first-order chi connectivity index (χ1) is 17.9. The van der Waals surface area contributed by atoms with Crippen molar-refractivity contribution in [2.45, 2.75) is 24.4 Å². The lowest BCUT2D eigenvalue weighted by molar-refractivity contribution is -0.135. The molecule has 0 spiro atoms. The highest BCUT2D eigenvalue weighted by atomic mass is 35.5.